The molecule has 1 atom stereocenters. The summed E-state index contributed by atoms with van der Waals surface area (Å²) >= 11 is 0. The number of ether oxygens (including phenoxy) is 1. The summed E-state index contributed by atoms with van der Waals surface area (Å²) in [5, 5.41) is 8.65. The summed E-state index contributed by atoms with van der Waals surface area (Å²) in [6.07, 6.45) is -3.61. The van der Waals surface area contributed by atoms with E-state index in [1.54, 1.807) is 4.90 Å². The van der Waals surface area contributed by atoms with Crippen LogP contribution in [0.4, 0.5) is 13.2 Å². The van der Waals surface area contributed by atoms with Gasteiger partial charge >= 0.3 is 12.1 Å². The molecule has 0 fully saturated rings. The van der Waals surface area contributed by atoms with E-state index in [1.165, 1.54) is 0 Å². The first kappa shape index (κ1) is 16.2. The van der Waals surface area contributed by atoms with E-state index in [0.29, 0.717) is 0 Å². The van der Waals surface area contributed by atoms with Crippen molar-refractivity contribution in [3.63, 3.8) is 0 Å². The van der Waals surface area contributed by atoms with Crippen LogP contribution in [0.3, 0.4) is 0 Å². The highest BCUT2D eigenvalue weighted by Crippen LogP contribution is 2.14. The number of nitrogens with zero attached hydrogens (tertiary/aromatic N) is 1. The Morgan fingerprint density at radius 3 is 2.47 bits per heavy atom. The first-order valence-corrected chi connectivity index (χ1v) is 5.36. The highest BCUT2D eigenvalue weighted by molar-refractivity contribution is 5.69. The van der Waals surface area contributed by atoms with Crippen molar-refractivity contribution in [3.05, 3.63) is 0 Å². The summed E-state index contributed by atoms with van der Waals surface area (Å²) in [6.45, 7) is 2.27. The van der Waals surface area contributed by atoms with Gasteiger partial charge in [0.15, 0.2) is 0 Å². The Kier molecular flexibility index (Phi) is 7.13. The molecule has 0 aliphatic heterocycles. The molecule has 102 valence electrons. The first-order chi connectivity index (χ1) is 7.76. The van der Waals surface area contributed by atoms with E-state index in [2.05, 4.69) is 4.74 Å². The highest BCUT2D eigenvalue weighted by Gasteiger charge is 2.27. The topological polar surface area (TPSA) is 49.8 Å². The number of carboxylic acid groups (broad SMARTS) is 1. The molecule has 7 heteroatoms. The number of rotatable bonds is 8. The van der Waals surface area contributed by atoms with Gasteiger partial charge in [-0.1, -0.05) is 6.92 Å². The van der Waals surface area contributed by atoms with Crippen LogP contribution in [0.15, 0.2) is 0 Å². The molecule has 0 rings (SSSR count). The molecule has 0 aliphatic rings. The Morgan fingerprint density at radius 1 is 1.47 bits per heavy atom. The maximum Gasteiger partial charge on any atom is 0.411 e. The smallest absolute Gasteiger partial charge is 0.411 e. The maximum atomic E-state index is 11.8. The van der Waals surface area contributed by atoms with Crippen molar-refractivity contribution in [1.82, 2.24) is 4.90 Å². The number of hydrogen-bond donors (Lipinski definition) is 1. The van der Waals surface area contributed by atoms with Gasteiger partial charge in [-0.05, 0) is 13.3 Å². The second kappa shape index (κ2) is 7.50. The van der Waals surface area contributed by atoms with E-state index in [9.17, 15) is 18.0 Å². The van der Waals surface area contributed by atoms with Crippen LogP contribution in [-0.2, 0) is 9.53 Å². The van der Waals surface area contributed by atoms with Crippen LogP contribution < -0.4 is 0 Å². The van der Waals surface area contributed by atoms with Crippen LogP contribution >= 0.6 is 0 Å². The van der Waals surface area contributed by atoms with Crippen molar-refractivity contribution in [2.75, 3.05) is 26.3 Å². The molecule has 0 aromatic rings. The highest BCUT2D eigenvalue weighted by atomic mass is 19.4. The fourth-order valence-corrected chi connectivity index (χ4v) is 1.26. The van der Waals surface area contributed by atoms with E-state index in [1.807, 2.05) is 13.8 Å². The number of alkyl halides is 3. The first-order valence-electron chi connectivity index (χ1n) is 5.36. The molecule has 0 bridgehead atoms. The molecule has 17 heavy (non-hydrogen) atoms. The normalized spacial score (nSPS) is 14.0. The molecule has 0 aliphatic carbocycles. The standard InChI is InChI=1S/C10H18F3NO3/c1-3-8(2)14(6-9(15)16)4-5-17-7-10(11,12)13/h8H,3-7H2,1-2H3,(H,15,16). The number of halogens is 3. The van der Waals surface area contributed by atoms with Gasteiger partial charge in [0, 0.05) is 12.6 Å². The van der Waals surface area contributed by atoms with Gasteiger partial charge in [-0.2, -0.15) is 13.2 Å². The molecule has 0 spiro atoms. The molecule has 0 heterocycles. The Bertz CT molecular complexity index is 233. The molecule has 0 radical (unpaired) electrons. The minimum absolute atomic E-state index is 0.000543. The lowest BCUT2D eigenvalue weighted by atomic mass is 10.2. The number of carbonyl (C=O) groups is 1. The molecule has 0 saturated carbocycles. The van der Waals surface area contributed by atoms with Crippen molar-refractivity contribution in [3.8, 4) is 0 Å². The molecule has 4 nitrogen and oxygen atoms in total. The van der Waals surface area contributed by atoms with Crippen molar-refractivity contribution >= 4 is 5.97 Å². The molecular weight excluding hydrogens is 239 g/mol. The lowest BCUT2D eigenvalue weighted by Gasteiger charge is -2.26. The number of hydrogen-bond acceptors (Lipinski definition) is 3. The molecule has 1 N–H and O–H groups in total. The summed E-state index contributed by atoms with van der Waals surface area (Å²) in [5.74, 6) is -0.999. The summed E-state index contributed by atoms with van der Waals surface area (Å²) in [4.78, 5) is 12.1. The average Bonchev–Trinajstić information content (AvgIpc) is 2.19. The van der Waals surface area contributed by atoms with E-state index in [0.717, 1.165) is 6.42 Å². The largest absolute Gasteiger partial charge is 0.480 e. The zero-order valence-electron chi connectivity index (χ0n) is 9.96. The minimum atomic E-state index is -4.34. The monoisotopic (exact) mass is 257 g/mol. The van der Waals surface area contributed by atoms with E-state index < -0.39 is 18.8 Å². The Morgan fingerprint density at radius 2 is 2.06 bits per heavy atom. The molecule has 0 amide bonds. The summed E-state index contributed by atoms with van der Waals surface area (Å²) in [7, 11) is 0. The van der Waals surface area contributed by atoms with Gasteiger partial charge in [-0.25, -0.2) is 0 Å². The van der Waals surface area contributed by atoms with Gasteiger partial charge in [0.25, 0.3) is 0 Å². The Labute approximate surface area is 98.3 Å². The summed E-state index contributed by atoms with van der Waals surface area (Å²) in [6, 6.07) is 0.000543. The molecule has 1 unspecified atom stereocenters. The van der Waals surface area contributed by atoms with E-state index in [4.69, 9.17) is 5.11 Å². The van der Waals surface area contributed by atoms with E-state index >= 15 is 0 Å². The van der Waals surface area contributed by atoms with Crippen LogP contribution in [0.25, 0.3) is 0 Å². The van der Waals surface area contributed by atoms with Crippen molar-refractivity contribution in [2.24, 2.45) is 0 Å². The third-order valence-corrected chi connectivity index (χ3v) is 2.34. The lowest BCUT2D eigenvalue weighted by Crippen LogP contribution is -2.39. The molecular formula is C10H18F3NO3. The van der Waals surface area contributed by atoms with Crippen LogP contribution in [0.1, 0.15) is 20.3 Å². The molecule has 0 aromatic heterocycles. The summed E-state index contributed by atoms with van der Waals surface area (Å²) < 4.78 is 39.8. The van der Waals surface area contributed by atoms with Crippen molar-refractivity contribution < 1.29 is 27.8 Å². The number of aliphatic carboxylic acids is 1. The number of carboxylic acids is 1. The predicted molar refractivity (Wildman–Crippen MR) is 55.8 cm³/mol. The van der Waals surface area contributed by atoms with Gasteiger partial charge in [0.2, 0.25) is 0 Å². The zero-order chi connectivity index (χ0) is 13.5. The maximum absolute atomic E-state index is 11.8. The Hall–Kier alpha value is -0.820. The van der Waals surface area contributed by atoms with Crippen LogP contribution in [-0.4, -0.2) is 54.5 Å². The SMILES string of the molecule is CCC(C)N(CCOCC(F)(F)F)CC(=O)O. The molecule has 0 saturated heterocycles. The predicted octanol–water partition coefficient (Wildman–Crippen LogP) is 1.75. The molecule has 0 aromatic carbocycles. The van der Waals surface area contributed by atoms with Crippen LogP contribution in [0.2, 0.25) is 0 Å². The van der Waals surface area contributed by atoms with Crippen molar-refractivity contribution in [1.29, 1.82) is 0 Å². The van der Waals surface area contributed by atoms with Gasteiger partial charge in [-0.3, -0.25) is 9.69 Å². The van der Waals surface area contributed by atoms with Crippen LogP contribution in [0.5, 0.6) is 0 Å². The minimum Gasteiger partial charge on any atom is -0.480 e. The third-order valence-electron chi connectivity index (χ3n) is 2.34. The second-order valence-corrected chi connectivity index (χ2v) is 3.79. The van der Waals surface area contributed by atoms with Gasteiger partial charge in [0.05, 0.1) is 13.2 Å². The fourth-order valence-electron chi connectivity index (χ4n) is 1.26. The second-order valence-electron chi connectivity index (χ2n) is 3.79. The lowest BCUT2D eigenvalue weighted by molar-refractivity contribution is -0.175. The van der Waals surface area contributed by atoms with Crippen LogP contribution in [0, 0.1) is 0 Å². The quantitative estimate of drug-likeness (QED) is 0.673. The van der Waals surface area contributed by atoms with Gasteiger partial charge in [0.1, 0.15) is 6.61 Å². The Balaban J connectivity index is 3.96. The third kappa shape index (κ3) is 8.93. The van der Waals surface area contributed by atoms with E-state index in [-0.39, 0.29) is 25.7 Å². The zero-order valence-corrected chi connectivity index (χ0v) is 9.96. The fraction of sp³-hybridized carbons (Fsp3) is 0.900. The van der Waals surface area contributed by atoms with Gasteiger partial charge < -0.3 is 9.84 Å². The van der Waals surface area contributed by atoms with Gasteiger partial charge in [-0.15, -0.1) is 0 Å². The van der Waals surface area contributed by atoms with Crippen molar-refractivity contribution in [2.45, 2.75) is 32.5 Å². The summed E-state index contributed by atoms with van der Waals surface area (Å²) in [5.41, 5.74) is 0. The average molecular weight is 257 g/mol.